The van der Waals surface area contributed by atoms with Crippen LogP contribution < -0.4 is 11.5 Å². The van der Waals surface area contributed by atoms with E-state index in [1.807, 2.05) is 0 Å². The van der Waals surface area contributed by atoms with E-state index in [2.05, 4.69) is 33.5 Å². The van der Waals surface area contributed by atoms with Gasteiger partial charge in [0, 0.05) is 0 Å². The van der Waals surface area contributed by atoms with E-state index in [1.54, 1.807) is 0 Å². The molecule has 5 nitrogen and oxygen atoms in total. The molecule has 0 rings (SSSR count). The van der Waals surface area contributed by atoms with Gasteiger partial charge in [-0.25, -0.2) is 4.57 Å². The minimum absolute atomic E-state index is 0.361. The quantitative estimate of drug-likeness (QED) is 0.475. The molecule has 0 aliphatic heterocycles. The fourth-order valence-corrected chi connectivity index (χ4v) is 0.964. The monoisotopic (exact) mass is 200 g/mol. The van der Waals surface area contributed by atoms with Crippen LogP contribution in [0.2, 0.25) is 0 Å². The molecule has 0 aromatic carbocycles. The van der Waals surface area contributed by atoms with E-state index in [1.165, 1.54) is 0 Å². The Morgan fingerprint density at radius 1 is 1.20 bits per heavy atom. The predicted molar refractivity (Wildman–Crippen MR) is 44.7 cm³/mol. The topological polar surface area (TPSA) is 87.6 Å². The first kappa shape index (κ1) is 9.61. The highest BCUT2D eigenvalue weighted by atomic mass is 32.1. The molecule has 0 aromatic heterocycles. The molecule has 0 atom stereocenters. The molecule has 0 amide bonds. The molecule has 0 saturated carbocycles. The molecule has 4 N–H and O–H groups in total. The minimum Gasteiger partial charge on any atom is -0.391 e. The zero-order valence-electron chi connectivity index (χ0n) is 4.70. The summed E-state index contributed by atoms with van der Waals surface area (Å²) in [7, 11) is -2.77. The third-order valence-corrected chi connectivity index (χ3v) is 1.60. The smallest absolute Gasteiger partial charge is 0.391 e. The van der Waals surface area contributed by atoms with Crippen molar-refractivity contribution >= 4 is 43.0 Å². The normalized spacial score (nSPS) is 8.90. The number of hydrogen-bond acceptors (Lipinski definition) is 5. The summed E-state index contributed by atoms with van der Waals surface area (Å²) in [6, 6.07) is 0. The third-order valence-electron chi connectivity index (χ3n) is 0.368. The molecule has 0 bridgehead atoms. The van der Waals surface area contributed by atoms with Gasteiger partial charge in [0.1, 0.15) is 0 Å². The van der Waals surface area contributed by atoms with Gasteiger partial charge in [0.15, 0.2) is 0 Å². The van der Waals surface area contributed by atoms with Crippen molar-refractivity contribution in [3.63, 3.8) is 0 Å². The van der Waals surface area contributed by atoms with E-state index in [0.717, 1.165) is 0 Å². The van der Waals surface area contributed by atoms with Gasteiger partial charge in [-0.1, -0.05) is 0 Å². The van der Waals surface area contributed by atoms with E-state index in [4.69, 9.17) is 11.5 Å². The van der Waals surface area contributed by atoms with Crippen LogP contribution in [-0.2, 0) is 13.6 Å². The molecular weight excluding hydrogens is 195 g/mol. The Morgan fingerprint density at radius 2 is 1.50 bits per heavy atom. The van der Waals surface area contributed by atoms with Crippen LogP contribution in [0.25, 0.3) is 0 Å². The van der Waals surface area contributed by atoms with E-state index in [9.17, 15) is 4.57 Å². The van der Waals surface area contributed by atoms with Gasteiger partial charge in [0.25, 0.3) is 10.3 Å². The Balaban J connectivity index is 3.65. The number of thiocarbonyl (C=S) groups is 2. The first-order chi connectivity index (χ1) is 4.52. The van der Waals surface area contributed by atoms with Crippen molar-refractivity contribution in [2.75, 3.05) is 0 Å². The van der Waals surface area contributed by atoms with Crippen molar-refractivity contribution in [2.45, 2.75) is 0 Å². The van der Waals surface area contributed by atoms with Crippen LogP contribution in [0.1, 0.15) is 0 Å². The van der Waals surface area contributed by atoms with Gasteiger partial charge < -0.3 is 20.5 Å². The summed E-state index contributed by atoms with van der Waals surface area (Å²) in [4.78, 5) is 0. The van der Waals surface area contributed by atoms with E-state index in [0.29, 0.717) is 0 Å². The fourth-order valence-electron chi connectivity index (χ4n) is 0.185. The second-order valence-corrected chi connectivity index (χ2v) is 2.81. The van der Waals surface area contributed by atoms with Gasteiger partial charge in [0.2, 0.25) is 0 Å². The highest BCUT2D eigenvalue weighted by Gasteiger charge is 2.01. The summed E-state index contributed by atoms with van der Waals surface area (Å²) in [5.41, 5.74) is 9.68. The van der Waals surface area contributed by atoms with Gasteiger partial charge in [-0.05, 0) is 24.4 Å². The lowest BCUT2D eigenvalue weighted by molar-refractivity contribution is 0.411. The van der Waals surface area contributed by atoms with Crippen molar-refractivity contribution in [3.05, 3.63) is 0 Å². The van der Waals surface area contributed by atoms with Gasteiger partial charge >= 0.3 is 8.25 Å². The molecule has 0 heterocycles. The summed E-state index contributed by atoms with van der Waals surface area (Å²) in [6.45, 7) is 0. The van der Waals surface area contributed by atoms with E-state index < -0.39 is 8.25 Å². The first-order valence-electron chi connectivity index (χ1n) is 2.01. The average Bonchev–Trinajstić information content (AvgIpc) is 1.58. The van der Waals surface area contributed by atoms with Crippen LogP contribution in [0.3, 0.4) is 0 Å². The molecule has 0 aromatic rings. The van der Waals surface area contributed by atoms with Crippen LogP contribution in [0.15, 0.2) is 0 Å². The maximum atomic E-state index is 10.5. The van der Waals surface area contributed by atoms with Crippen molar-refractivity contribution in [1.82, 2.24) is 0 Å². The van der Waals surface area contributed by atoms with E-state index >= 15 is 0 Å². The largest absolute Gasteiger partial charge is 0.422 e. The first-order valence-corrected chi connectivity index (χ1v) is 4.05. The van der Waals surface area contributed by atoms with Gasteiger partial charge in [0.05, 0.1) is 0 Å². The number of nitrogens with two attached hydrogens (primary N) is 2. The van der Waals surface area contributed by atoms with Crippen molar-refractivity contribution in [2.24, 2.45) is 11.5 Å². The Hall–Kier alpha value is -0.390. The Kier molecular flexibility index (Phi) is 4.26. The lowest BCUT2D eigenvalue weighted by Crippen LogP contribution is -2.12. The maximum Gasteiger partial charge on any atom is 0.422 e. The Labute approximate surface area is 68.6 Å². The molecule has 0 aliphatic rings. The molecule has 0 aliphatic carbocycles. The van der Waals surface area contributed by atoms with Crippen LogP contribution in [0.4, 0.5) is 0 Å². The Morgan fingerprint density at radius 3 is 1.70 bits per heavy atom. The lowest BCUT2D eigenvalue weighted by Gasteiger charge is -2.02. The summed E-state index contributed by atoms with van der Waals surface area (Å²) in [5, 5.41) is -0.722. The summed E-state index contributed by atoms with van der Waals surface area (Å²) < 4.78 is 18.9. The molecule has 0 fully saturated rings. The van der Waals surface area contributed by atoms with Crippen molar-refractivity contribution < 1.29 is 13.6 Å². The SMILES string of the molecule is NC(=S)O[PH](=O)OC(N)=S. The van der Waals surface area contributed by atoms with Crippen LogP contribution in [0, 0.1) is 0 Å². The number of rotatable bonds is 2. The summed E-state index contributed by atoms with van der Waals surface area (Å²) in [6.07, 6.45) is 0. The minimum atomic E-state index is -2.77. The van der Waals surface area contributed by atoms with Crippen molar-refractivity contribution in [3.8, 4) is 0 Å². The van der Waals surface area contributed by atoms with Gasteiger partial charge in [-0.15, -0.1) is 0 Å². The number of hydrogen-bond donors (Lipinski definition) is 2. The standard InChI is InChI=1S/C2H5N2O3PS2/c3-1(9)6-8(5)7-2(4)10/h8H,(H2,3,9)(H2,4,10). The molecule has 0 spiro atoms. The Bertz CT molecular complexity index is 165. The molecular formula is C2H5N2O3PS2. The summed E-state index contributed by atoms with van der Waals surface area (Å²) in [5.74, 6) is 0. The third kappa shape index (κ3) is 5.74. The second kappa shape index (κ2) is 4.43. The van der Waals surface area contributed by atoms with Crippen molar-refractivity contribution in [1.29, 1.82) is 0 Å². The average molecular weight is 200 g/mol. The second-order valence-electron chi connectivity index (χ2n) is 1.09. The molecule has 0 radical (unpaired) electrons. The molecule has 58 valence electrons. The van der Waals surface area contributed by atoms with Crippen LogP contribution in [-0.4, -0.2) is 10.3 Å². The summed E-state index contributed by atoms with van der Waals surface area (Å²) >= 11 is 8.48. The van der Waals surface area contributed by atoms with Crippen LogP contribution >= 0.6 is 32.7 Å². The molecule has 10 heavy (non-hydrogen) atoms. The maximum absolute atomic E-state index is 10.5. The van der Waals surface area contributed by atoms with Crippen LogP contribution in [0.5, 0.6) is 0 Å². The van der Waals surface area contributed by atoms with E-state index in [-0.39, 0.29) is 10.3 Å². The highest BCUT2D eigenvalue weighted by Crippen LogP contribution is 2.22. The fraction of sp³-hybridized carbons (Fsp3) is 0. The molecule has 8 heteroatoms. The zero-order valence-corrected chi connectivity index (χ0v) is 7.33. The van der Waals surface area contributed by atoms with Gasteiger partial charge in [-0.3, -0.25) is 0 Å². The molecule has 0 unspecified atom stereocenters. The zero-order chi connectivity index (χ0) is 8.15. The predicted octanol–water partition coefficient (Wildman–Crippen LogP) is -0.103. The highest BCUT2D eigenvalue weighted by molar-refractivity contribution is 7.80. The molecule has 0 saturated heterocycles. The van der Waals surface area contributed by atoms with Gasteiger partial charge in [-0.2, -0.15) is 0 Å². The lowest BCUT2D eigenvalue weighted by atomic mass is 11.4.